The van der Waals surface area contributed by atoms with Crippen LogP contribution < -0.4 is 18.9 Å². The van der Waals surface area contributed by atoms with E-state index in [4.69, 9.17) is 9.47 Å². The normalized spacial score (nSPS) is 15.8. The zero-order valence-electron chi connectivity index (χ0n) is 15.5. The minimum absolute atomic E-state index is 0.129. The smallest absolute Gasteiger partial charge is 0.415 e. The lowest BCUT2D eigenvalue weighted by molar-refractivity contribution is 0.134. The first-order chi connectivity index (χ1) is 13.6. The van der Waals surface area contributed by atoms with Crippen molar-refractivity contribution in [3.05, 3.63) is 53.3 Å². The van der Waals surface area contributed by atoms with Gasteiger partial charge < -0.3 is 14.2 Å². The topological polar surface area (TPSA) is 62.8 Å². The van der Waals surface area contributed by atoms with Crippen molar-refractivity contribution in [2.45, 2.75) is 25.9 Å². The van der Waals surface area contributed by atoms with Crippen molar-refractivity contribution in [1.29, 1.82) is 0 Å². The summed E-state index contributed by atoms with van der Waals surface area (Å²) in [6.45, 7) is 1.19. The van der Waals surface area contributed by atoms with Gasteiger partial charge in [0.25, 0.3) is 0 Å². The minimum Gasteiger partial charge on any atom is -0.493 e. The molecule has 0 saturated heterocycles. The standard InChI is InChI=1S/C20H22FN3O3S/c1-22-28-23-17-4-2-3-15(19(17)21)11-24-10-14-7-8-16(26-12-13-5-6-13)9-18(14)27-20(24)25/h2-4,7-9,13,22-23H,5-6,10-12H2,1H3. The van der Waals surface area contributed by atoms with Crippen LogP contribution >= 0.6 is 12.1 Å². The van der Waals surface area contributed by atoms with Crippen LogP contribution in [0.3, 0.4) is 0 Å². The number of hydrogen-bond acceptors (Lipinski definition) is 6. The molecule has 1 aliphatic carbocycles. The van der Waals surface area contributed by atoms with Gasteiger partial charge in [0.15, 0.2) is 5.82 Å². The highest BCUT2D eigenvalue weighted by Gasteiger charge is 2.27. The largest absolute Gasteiger partial charge is 0.493 e. The molecule has 0 atom stereocenters. The van der Waals surface area contributed by atoms with Crippen molar-refractivity contribution in [2.24, 2.45) is 5.92 Å². The summed E-state index contributed by atoms with van der Waals surface area (Å²) in [5.41, 5.74) is 1.66. The first-order valence-corrected chi connectivity index (χ1v) is 10.0. The van der Waals surface area contributed by atoms with Crippen LogP contribution in [0, 0.1) is 11.7 Å². The zero-order chi connectivity index (χ0) is 19.5. The van der Waals surface area contributed by atoms with Crippen molar-refractivity contribution >= 4 is 23.9 Å². The number of ether oxygens (including phenoxy) is 2. The number of fused-ring (bicyclic) bond motifs is 1. The summed E-state index contributed by atoms with van der Waals surface area (Å²) >= 11 is 1.18. The van der Waals surface area contributed by atoms with Crippen LogP contribution in [0.5, 0.6) is 11.5 Å². The molecule has 1 heterocycles. The third-order valence-electron chi connectivity index (χ3n) is 4.74. The molecule has 28 heavy (non-hydrogen) atoms. The molecule has 2 aromatic carbocycles. The summed E-state index contributed by atoms with van der Waals surface area (Å²) in [7, 11) is 1.74. The molecule has 0 radical (unpaired) electrons. The molecule has 0 unspecified atom stereocenters. The van der Waals surface area contributed by atoms with Crippen LogP contribution in [-0.4, -0.2) is 24.6 Å². The maximum Gasteiger partial charge on any atom is 0.415 e. The number of nitrogens with one attached hydrogen (secondary N) is 2. The Morgan fingerprint density at radius 2 is 2.18 bits per heavy atom. The molecular formula is C20H22FN3O3S. The van der Waals surface area contributed by atoms with Gasteiger partial charge in [0.2, 0.25) is 0 Å². The molecule has 4 rings (SSSR count). The fraction of sp³-hybridized carbons (Fsp3) is 0.350. The predicted octanol–water partition coefficient (Wildman–Crippen LogP) is 4.32. The predicted molar refractivity (Wildman–Crippen MR) is 107 cm³/mol. The number of hydrogen-bond donors (Lipinski definition) is 2. The average Bonchev–Trinajstić information content (AvgIpc) is 3.52. The number of carbonyl (C=O) groups excluding carboxylic acids is 1. The molecule has 1 saturated carbocycles. The van der Waals surface area contributed by atoms with E-state index in [9.17, 15) is 9.18 Å². The molecule has 1 fully saturated rings. The van der Waals surface area contributed by atoms with Gasteiger partial charge >= 0.3 is 6.09 Å². The number of nitrogens with zero attached hydrogens (tertiary/aromatic N) is 1. The van der Waals surface area contributed by atoms with E-state index in [2.05, 4.69) is 9.44 Å². The Bertz CT molecular complexity index is 876. The Morgan fingerprint density at radius 1 is 1.32 bits per heavy atom. The summed E-state index contributed by atoms with van der Waals surface area (Å²) in [5.74, 6) is 1.49. The minimum atomic E-state index is -0.491. The second-order valence-corrected chi connectivity index (χ2v) is 7.75. The highest BCUT2D eigenvalue weighted by Crippen LogP contribution is 2.33. The van der Waals surface area contributed by atoms with Crippen LogP contribution in [0.4, 0.5) is 14.9 Å². The van der Waals surface area contributed by atoms with Gasteiger partial charge in [-0.2, -0.15) is 0 Å². The molecule has 0 spiro atoms. The third-order valence-corrected chi connectivity index (χ3v) is 5.27. The van der Waals surface area contributed by atoms with E-state index in [0.29, 0.717) is 41.8 Å². The molecule has 0 aromatic heterocycles. The number of benzene rings is 2. The third kappa shape index (κ3) is 4.34. The molecule has 2 aliphatic rings. The van der Waals surface area contributed by atoms with E-state index in [0.717, 1.165) is 5.56 Å². The lowest BCUT2D eigenvalue weighted by atomic mass is 10.1. The molecule has 8 heteroatoms. The highest BCUT2D eigenvalue weighted by atomic mass is 32.2. The number of rotatable bonds is 8. The van der Waals surface area contributed by atoms with Crippen molar-refractivity contribution < 1.29 is 18.7 Å². The zero-order valence-corrected chi connectivity index (χ0v) is 16.4. The molecule has 1 amide bonds. The number of carbonyl (C=O) groups is 1. The Morgan fingerprint density at radius 3 is 2.96 bits per heavy atom. The van der Waals surface area contributed by atoms with Gasteiger partial charge in [-0.05, 0) is 44.0 Å². The highest BCUT2D eigenvalue weighted by molar-refractivity contribution is 7.98. The summed E-state index contributed by atoms with van der Waals surface area (Å²) in [5, 5.41) is 0. The van der Waals surface area contributed by atoms with Gasteiger partial charge in [0, 0.05) is 29.3 Å². The van der Waals surface area contributed by atoms with Crippen molar-refractivity contribution in [2.75, 3.05) is 18.4 Å². The lowest BCUT2D eigenvalue weighted by Crippen LogP contribution is -2.36. The Hall–Kier alpha value is -2.45. The van der Waals surface area contributed by atoms with Crippen LogP contribution in [-0.2, 0) is 13.1 Å². The van der Waals surface area contributed by atoms with Gasteiger partial charge in [-0.3, -0.25) is 4.90 Å². The summed E-state index contributed by atoms with van der Waals surface area (Å²) in [6, 6.07) is 10.6. The van der Waals surface area contributed by atoms with E-state index >= 15 is 0 Å². The summed E-state index contributed by atoms with van der Waals surface area (Å²) < 4.78 is 31.6. The molecule has 148 valence electrons. The van der Waals surface area contributed by atoms with Crippen LogP contribution in [0.1, 0.15) is 24.0 Å². The molecule has 0 bridgehead atoms. The fourth-order valence-corrected chi connectivity index (χ4v) is 3.36. The molecule has 2 N–H and O–H groups in total. The first-order valence-electron chi connectivity index (χ1n) is 9.22. The molecule has 6 nitrogen and oxygen atoms in total. The summed E-state index contributed by atoms with van der Waals surface area (Å²) in [4.78, 5) is 13.9. The molecule has 1 aliphatic heterocycles. The Balaban J connectivity index is 1.45. The SMILES string of the molecule is CNSNc1cccc(CN2Cc3ccc(OCC4CC4)cc3OC2=O)c1F. The van der Waals surface area contributed by atoms with Crippen LogP contribution in [0.15, 0.2) is 36.4 Å². The first kappa shape index (κ1) is 18.9. The monoisotopic (exact) mass is 403 g/mol. The number of anilines is 1. The molecule has 2 aromatic rings. The van der Waals surface area contributed by atoms with Gasteiger partial charge in [0.1, 0.15) is 11.5 Å². The van der Waals surface area contributed by atoms with E-state index in [-0.39, 0.29) is 12.4 Å². The lowest BCUT2D eigenvalue weighted by Gasteiger charge is -2.28. The van der Waals surface area contributed by atoms with Gasteiger partial charge in [-0.1, -0.05) is 12.1 Å². The second-order valence-electron chi connectivity index (χ2n) is 6.93. The Labute approximate surface area is 167 Å². The number of amides is 1. The van der Waals surface area contributed by atoms with Crippen LogP contribution in [0.25, 0.3) is 0 Å². The van der Waals surface area contributed by atoms with Crippen molar-refractivity contribution in [3.63, 3.8) is 0 Å². The maximum absolute atomic E-state index is 14.7. The maximum atomic E-state index is 14.7. The van der Waals surface area contributed by atoms with Gasteiger partial charge in [-0.25, -0.2) is 13.9 Å². The van der Waals surface area contributed by atoms with Crippen molar-refractivity contribution in [1.82, 2.24) is 9.62 Å². The average molecular weight is 403 g/mol. The quantitative estimate of drug-likeness (QED) is 0.640. The fourth-order valence-electron chi connectivity index (χ4n) is 2.99. The van der Waals surface area contributed by atoms with Crippen LogP contribution in [0.2, 0.25) is 0 Å². The van der Waals surface area contributed by atoms with E-state index < -0.39 is 6.09 Å². The van der Waals surface area contributed by atoms with E-state index in [1.54, 1.807) is 31.3 Å². The van der Waals surface area contributed by atoms with E-state index in [1.165, 1.54) is 29.9 Å². The van der Waals surface area contributed by atoms with Crippen molar-refractivity contribution in [3.8, 4) is 11.5 Å². The number of halogens is 1. The van der Waals surface area contributed by atoms with Gasteiger partial charge in [0.05, 0.1) is 25.4 Å². The molecular weight excluding hydrogens is 381 g/mol. The Kier molecular flexibility index (Phi) is 5.59. The van der Waals surface area contributed by atoms with Gasteiger partial charge in [-0.15, -0.1) is 0 Å². The van der Waals surface area contributed by atoms with E-state index in [1.807, 2.05) is 12.1 Å². The second kappa shape index (κ2) is 8.28. The summed E-state index contributed by atoms with van der Waals surface area (Å²) in [6.07, 6.45) is 1.94.